The van der Waals surface area contributed by atoms with Crippen LogP contribution in [0.3, 0.4) is 0 Å². The van der Waals surface area contributed by atoms with E-state index in [0.29, 0.717) is 15.3 Å². The van der Waals surface area contributed by atoms with Crippen LogP contribution in [-0.4, -0.2) is 10.9 Å². The highest BCUT2D eigenvalue weighted by molar-refractivity contribution is 9.12. The Hall–Kier alpha value is -3.54. The number of anilines is 2. The standard InChI is InChI=1S/C28H20BrClN2O2/c29-25-26(20-16-18-22(30)19-17-20)34-28(21-10-4-1-5-11-21)32(27(25)33)31(23-12-6-2-7-13-23)24-14-8-3-9-15-24/h1-19,28H. The second-order valence-corrected chi connectivity index (χ2v) is 8.89. The van der Waals surface area contributed by atoms with Gasteiger partial charge in [-0.15, -0.1) is 0 Å². The quantitative estimate of drug-likeness (QED) is 0.264. The number of para-hydroxylation sites is 2. The van der Waals surface area contributed by atoms with Gasteiger partial charge in [-0.2, -0.15) is 0 Å². The van der Waals surface area contributed by atoms with Gasteiger partial charge in [-0.25, -0.2) is 10.0 Å². The number of hydrogen-bond donors (Lipinski definition) is 0. The summed E-state index contributed by atoms with van der Waals surface area (Å²) in [6.45, 7) is 0. The molecule has 0 radical (unpaired) electrons. The average molecular weight is 532 g/mol. The number of hydrogen-bond acceptors (Lipinski definition) is 3. The van der Waals surface area contributed by atoms with E-state index in [2.05, 4.69) is 15.9 Å². The van der Waals surface area contributed by atoms with Crippen molar-refractivity contribution in [2.45, 2.75) is 6.23 Å². The Kier molecular flexibility index (Phi) is 6.39. The van der Waals surface area contributed by atoms with E-state index < -0.39 is 6.23 Å². The Morgan fingerprint density at radius 3 is 1.76 bits per heavy atom. The van der Waals surface area contributed by atoms with Gasteiger partial charge in [0.15, 0.2) is 0 Å². The molecule has 1 amide bonds. The van der Waals surface area contributed by atoms with Crippen LogP contribution in [0.2, 0.25) is 5.02 Å². The van der Waals surface area contributed by atoms with Crippen LogP contribution in [-0.2, 0) is 9.53 Å². The first-order valence-electron chi connectivity index (χ1n) is 10.7. The largest absolute Gasteiger partial charge is 0.462 e. The first-order chi connectivity index (χ1) is 16.6. The van der Waals surface area contributed by atoms with Crippen molar-refractivity contribution in [1.82, 2.24) is 5.01 Å². The first-order valence-corrected chi connectivity index (χ1v) is 11.9. The van der Waals surface area contributed by atoms with Crippen molar-refractivity contribution in [3.63, 3.8) is 0 Å². The third-order valence-electron chi connectivity index (χ3n) is 5.45. The van der Waals surface area contributed by atoms with E-state index >= 15 is 0 Å². The SMILES string of the molecule is O=C1C(Br)=C(c2ccc(Cl)cc2)OC(c2ccccc2)N1N(c1ccccc1)c1ccccc1. The van der Waals surface area contributed by atoms with Crippen molar-refractivity contribution in [3.05, 3.63) is 136 Å². The molecule has 4 nitrogen and oxygen atoms in total. The molecule has 1 aliphatic rings. The number of hydrazine groups is 1. The van der Waals surface area contributed by atoms with E-state index in [0.717, 1.165) is 22.5 Å². The molecule has 0 saturated heterocycles. The highest BCUT2D eigenvalue weighted by Gasteiger charge is 2.41. The fraction of sp³-hybridized carbons (Fsp3) is 0.0357. The Morgan fingerprint density at radius 1 is 0.735 bits per heavy atom. The Balaban J connectivity index is 1.70. The molecule has 168 valence electrons. The van der Waals surface area contributed by atoms with Gasteiger partial charge >= 0.3 is 0 Å². The molecule has 1 atom stereocenters. The summed E-state index contributed by atoms with van der Waals surface area (Å²) in [5, 5.41) is 4.15. The number of rotatable bonds is 5. The Bertz CT molecular complexity index is 1270. The summed E-state index contributed by atoms with van der Waals surface area (Å²) in [6.07, 6.45) is -0.707. The normalized spacial score (nSPS) is 15.8. The molecule has 0 bridgehead atoms. The molecule has 0 spiro atoms. The van der Waals surface area contributed by atoms with Crippen molar-refractivity contribution in [3.8, 4) is 0 Å². The number of carbonyl (C=O) groups excluding carboxylic acids is 1. The maximum Gasteiger partial charge on any atom is 0.287 e. The minimum atomic E-state index is -0.707. The topological polar surface area (TPSA) is 32.8 Å². The van der Waals surface area contributed by atoms with Gasteiger partial charge in [-0.3, -0.25) is 4.79 Å². The predicted molar refractivity (Wildman–Crippen MR) is 139 cm³/mol. The zero-order valence-corrected chi connectivity index (χ0v) is 20.4. The summed E-state index contributed by atoms with van der Waals surface area (Å²) in [5.41, 5.74) is 3.28. The minimum absolute atomic E-state index is 0.224. The van der Waals surface area contributed by atoms with E-state index in [9.17, 15) is 4.79 Å². The summed E-state index contributed by atoms with van der Waals surface area (Å²) < 4.78 is 6.90. The molecule has 4 aromatic rings. The number of amides is 1. The molecule has 1 unspecified atom stereocenters. The van der Waals surface area contributed by atoms with E-state index in [4.69, 9.17) is 16.3 Å². The maximum atomic E-state index is 14.0. The lowest BCUT2D eigenvalue weighted by Crippen LogP contribution is -2.49. The second-order valence-electron chi connectivity index (χ2n) is 7.66. The number of ether oxygens (including phenoxy) is 1. The molecule has 34 heavy (non-hydrogen) atoms. The second kappa shape index (κ2) is 9.75. The smallest absolute Gasteiger partial charge is 0.287 e. The molecule has 0 N–H and O–H groups in total. The van der Waals surface area contributed by atoms with Crippen molar-refractivity contribution in [2.75, 3.05) is 5.01 Å². The summed E-state index contributed by atoms with van der Waals surface area (Å²) in [6, 6.07) is 36.5. The Labute approximate surface area is 211 Å². The van der Waals surface area contributed by atoms with Crippen molar-refractivity contribution >= 4 is 50.6 Å². The van der Waals surface area contributed by atoms with Gasteiger partial charge < -0.3 is 4.74 Å². The average Bonchev–Trinajstić information content (AvgIpc) is 2.89. The lowest BCUT2D eigenvalue weighted by Gasteiger charge is -2.44. The van der Waals surface area contributed by atoms with Gasteiger partial charge in [-0.1, -0.05) is 78.3 Å². The maximum absolute atomic E-state index is 14.0. The highest BCUT2D eigenvalue weighted by Crippen LogP contribution is 2.43. The predicted octanol–water partition coefficient (Wildman–Crippen LogP) is 7.71. The molecular formula is C28H20BrClN2O2. The van der Waals surface area contributed by atoms with E-state index in [1.54, 1.807) is 17.1 Å². The number of benzene rings is 4. The molecule has 4 aromatic carbocycles. The molecule has 0 saturated carbocycles. The summed E-state index contributed by atoms with van der Waals surface area (Å²) in [4.78, 5) is 14.0. The Morgan fingerprint density at radius 2 is 1.24 bits per heavy atom. The van der Waals surface area contributed by atoms with Crippen LogP contribution >= 0.6 is 27.5 Å². The van der Waals surface area contributed by atoms with Crippen LogP contribution in [0.25, 0.3) is 5.76 Å². The van der Waals surface area contributed by atoms with E-state index in [1.807, 2.05) is 108 Å². The van der Waals surface area contributed by atoms with Crippen molar-refractivity contribution in [2.24, 2.45) is 0 Å². The van der Waals surface area contributed by atoms with E-state index in [1.165, 1.54) is 0 Å². The molecule has 0 aromatic heterocycles. The third-order valence-corrected chi connectivity index (χ3v) is 6.41. The van der Waals surface area contributed by atoms with Crippen LogP contribution in [0.15, 0.2) is 120 Å². The minimum Gasteiger partial charge on any atom is -0.462 e. The number of halogens is 2. The molecule has 1 heterocycles. The fourth-order valence-electron chi connectivity index (χ4n) is 3.87. The molecule has 0 aliphatic carbocycles. The molecule has 5 rings (SSSR count). The van der Waals surface area contributed by atoms with Gasteiger partial charge in [0.1, 0.15) is 10.2 Å². The van der Waals surface area contributed by atoms with Gasteiger partial charge in [-0.05, 0) is 64.5 Å². The summed E-state index contributed by atoms with van der Waals surface area (Å²) in [5.74, 6) is 0.241. The van der Waals surface area contributed by atoms with Gasteiger partial charge in [0.05, 0.1) is 11.4 Å². The van der Waals surface area contributed by atoms with Gasteiger partial charge in [0.25, 0.3) is 5.91 Å². The zero-order chi connectivity index (χ0) is 23.5. The lowest BCUT2D eigenvalue weighted by atomic mass is 10.1. The summed E-state index contributed by atoms with van der Waals surface area (Å²) in [7, 11) is 0. The summed E-state index contributed by atoms with van der Waals surface area (Å²) >= 11 is 9.62. The lowest BCUT2D eigenvalue weighted by molar-refractivity contribution is -0.139. The van der Waals surface area contributed by atoms with Gasteiger partial charge in [0.2, 0.25) is 6.23 Å². The van der Waals surface area contributed by atoms with Crippen molar-refractivity contribution in [1.29, 1.82) is 0 Å². The molecule has 0 fully saturated rings. The molecule has 6 heteroatoms. The van der Waals surface area contributed by atoms with E-state index in [-0.39, 0.29) is 5.91 Å². The van der Waals surface area contributed by atoms with Crippen LogP contribution < -0.4 is 5.01 Å². The van der Waals surface area contributed by atoms with Crippen LogP contribution in [0.1, 0.15) is 17.4 Å². The number of nitrogens with zero attached hydrogens (tertiary/aromatic N) is 2. The first kappa shape index (κ1) is 22.3. The highest BCUT2D eigenvalue weighted by atomic mass is 79.9. The fourth-order valence-corrected chi connectivity index (χ4v) is 4.50. The van der Waals surface area contributed by atoms with Crippen LogP contribution in [0.5, 0.6) is 0 Å². The molecule has 1 aliphatic heterocycles. The zero-order valence-electron chi connectivity index (χ0n) is 18.0. The van der Waals surface area contributed by atoms with Gasteiger partial charge in [0, 0.05) is 16.1 Å². The van der Waals surface area contributed by atoms with Crippen LogP contribution in [0, 0.1) is 0 Å². The van der Waals surface area contributed by atoms with Crippen molar-refractivity contribution < 1.29 is 9.53 Å². The number of carbonyl (C=O) groups is 1. The molecular weight excluding hydrogens is 512 g/mol. The van der Waals surface area contributed by atoms with Crippen LogP contribution in [0.4, 0.5) is 11.4 Å². The monoisotopic (exact) mass is 530 g/mol. The third kappa shape index (κ3) is 4.32.